The van der Waals surface area contributed by atoms with E-state index in [4.69, 9.17) is 12.2 Å². The van der Waals surface area contributed by atoms with Gasteiger partial charge in [0.25, 0.3) is 0 Å². The van der Waals surface area contributed by atoms with Gasteiger partial charge in [0, 0.05) is 0 Å². The van der Waals surface area contributed by atoms with Gasteiger partial charge >= 0.3 is 196 Å². The number of likely N-dealkylation sites (N-methyl/N-ethyl adjacent to an activating group) is 2. The first-order chi connectivity index (χ1) is 15.0. The first-order valence-corrected chi connectivity index (χ1v) is 12.5. The standard InChI is InChI=1S/C23H17N3O2S2Se/c1-24-21(27)15(22(28)25(2)23(24)29)13-14-11-12-20(30-14)26-16-7-3-5-9-18(16)31-19-10-6-4-8-17(19)26/h3-13H,1-2H3. The van der Waals surface area contributed by atoms with Crippen molar-refractivity contribution in [1.82, 2.24) is 9.80 Å². The Morgan fingerprint density at radius 1 is 0.839 bits per heavy atom. The third-order valence-corrected chi connectivity index (χ3v) is 9.13. The molecule has 8 heteroatoms. The minimum atomic E-state index is -0.376. The summed E-state index contributed by atoms with van der Waals surface area (Å²) in [7, 11) is 3.18. The Morgan fingerprint density at radius 3 is 1.97 bits per heavy atom. The molecule has 1 aromatic heterocycles. The molecule has 0 spiro atoms. The number of nitrogens with zero attached hydrogens (tertiary/aromatic N) is 3. The maximum atomic E-state index is 12.7. The molecule has 0 saturated carbocycles. The van der Waals surface area contributed by atoms with Crippen LogP contribution in [0.2, 0.25) is 0 Å². The van der Waals surface area contributed by atoms with Crippen LogP contribution in [0.3, 0.4) is 0 Å². The van der Waals surface area contributed by atoms with Gasteiger partial charge in [-0.15, -0.1) is 0 Å². The van der Waals surface area contributed by atoms with Crippen molar-refractivity contribution in [2.75, 3.05) is 19.0 Å². The van der Waals surface area contributed by atoms with Crippen LogP contribution in [0.1, 0.15) is 4.88 Å². The molecule has 154 valence electrons. The molecule has 0 bridgehead atoms. The minimum absolute atomic E-state index is 0.120. The molecule has 2 aromatic carbocycles. The molecule has 0 aliphatic carbocycles. The Hall–Kier alpha value is -2.77. The van der Waals surface area contributed by atoms with Gasteiger partial charge in [-0.25, -0.2) is 0 Å². The third kappa shape index (κ3) is 3.32. The van der Waals surface area contributed by atoms with Crippen LogP contribution in [0.4, 0.5) is 16.4 Å². The summed E-state index contributed by atoms with van der Waals surface area (Å²) in [5, 5.41) is 1.25. The van der Waals surface area contributed by atoms with Crippen LogP contribution in [-0.2, 0) is 9.59 Å². The predicted molar refractivity (Wildman–Crippen MR) is 130 cm³/mol. The molecule has 1 saturated heterocycles. The van der Waals surface area contributed by atoms with Crippen molar-refractivity contribution >= 4 is 86.8 Å². The van der Waals surface area contributed by atoms with Crippen LogP contribution in [0.5, 0.6) is 0 Å². The number of hydrogen-bond donors (Lipinski definition) is 0. The zero-order valence-corrected chi connectivity index (χ0v) is 20.1. The van der Waals surface area contributed by atoms with Crippen molar-refractivity contribution in [2.24, 2.45) is 0 Å². The molecule has 5 rings (SSSR count). The van der Waals surface area contributed by atoms with E-state index in [0.717, 1.165) is 9.88 Å². The summed E-state index contributed by atoms with van der Waals surface area (Å²) in [6.07, 6.45) is 1.67. The fraction of sp³-hybridized carbons (Fsp3) is 0.0870. The van der Waals surface area contributed by atoms with E-state index in [1.165, 1.54) is 30.1 Å². The third-order valence-electron chi connectivity index (χ3n) is 5.20. The number of thiophene rings is 1. The zero-order valence-electron chi connectivity index (χ0n) is 16.7. The summed E-state index contributed by atoms with van der Waals surface area (Å²) >= 11 is 6.97. The molecule has 2 aliphatic rings. The molecule has 31 heavy (non-hydrogen) atoms. The topological polar surface area (TPSA) is 43.9 Å². The van der Waals surface area contributed by atoms with Gasteiger partial charge in [0.05, 0.1) is 0 Å². The van der Waals surface area contributed by atoms with E-state index in [-0.39, 0.29) is 37.5 Å². The van der Waals surface area contributed by atoms with E-state index in [2.05, 4.69) is 53.4 Å². The number of anilines is 3. The van der Waals surface area contributed by atoms with Crippen LogP contribution >= 0.6 is 23.6 Å². The van der Waals surface area contributed by atoms with Gasteiger partial charge in [-0.2, -0.15) is 0 Å². The van der Waals surface area contributed by atoms with Gasteiger partial charge in [0.2, 0.25) is 0 Å². The van der Waals surface area contributed by atoms with E-state index in [1.54, 1.807) is 31.5 Å². The first kappa shape index (κ1) is 20.1. The number of hydrogen-bond acceptors (Lipinski definition) is 5. The summed E-state index contributed by atoms with van der Waals surface area (Å²) in [5.41, 5.74) is 2.48. The van der Waals surface area contributed by atoms with Crippen molar-refractivity contribution in [2.45, 2.75) is 0 Å². The number of rotatable bonds is 2. The number of fused-ring (bicyclic) bond motifs is 2. The second kappa shape index (κ2) is 7.73. The number of carbonyl (C=O) groups excluding carboxylic acids is 2. The van der Waals surface area contributed by atoms with Crippen molar-refractivity contribution in [3.05, 3.63) is 71.1 Å². The van der Waals surface area contributed by atoms with E-state index in [9.17, 15) is 9.59 Å². The van der Waals surface area contributed by atoms with Crippen molar-refractivity contribution in [3.8, 4) is 0 Å². The molecule has 1 fully saturated rings. The van der Waals surface area contributed by atoms with Gasteiger partial charge in [-0.1, -0.05) is 0 Å². The normalized spacial score (nSPS) is 15.9. The molecular formula is C23H17N3O2S2Se. The molecule has 0 unspecified atom stereocenters. The van der Waals surface area contributed by atoms with Crippen LogP contribution in [0.25, 0.3) is 6.08 Å². The van der Waals surface area contributed by atoms with E-state index < -0.39 is 0 Å². The Balaban J connectivity index is 1.57. The predicted octanol–water partition coefficient (Wildman–Crippen LogP) is 2.79. The Labute approximate surface area is 195 Å². The van der Waals surface area contributed by atoms with Crippen molar-refractivity contribution in [1.29, 1.82) is 0 Å². The van der Waals surface area contributed by atoms with E-state index in [0.29, 0.717) is 0 Å². The summed E-state index contributed by atoms with van der Waals surface area (Å²) in [6, 6.07) is 20.9. The quantitative estimate of drug-likeness (QED) is 0.180. The van der Waals surface area contributed by atoms with Crippen LogP contribution < -0.4 is 13.8 Å². The van der Waals surface area contributed by atoms with Crippen molar-refractivity contribution in [3.63, 3.8) is 0 Å². The van der Waals surface area contributed by atoms with E-state index in [1.807, 2.05) is 12.1 Å². The average Bonchev–Trinajstić information content (AvgIpc) is 3.25. The van der Waals surface area contributed by atoms with Crippen LogP contribution in [-0.4, -0.2) is 55.8 Å². The Morgan fingerprint density at radius 2 is 1.39 bits per heavy atom. The molecule has 3 aromatic rings. The molecule has 5 nitrogen and oxygen atoms in total. The Kier molecular flexibility index (Phi) is 5.02. The monoisotopic (exact) mass is 511 g/mol. The molecule has 2 aliphatic heterocycles. The molecule has 0 atom stereocenters. The zero-order chi connectivity index (χ0) is 21.7. The second-order valence-electron chi connectivity index (χ2n) is 7.12. The van der Waals surface area contributed by atoms with Crippen LogP contribution in [0, 0.1) is 0 Å². The maximum absolute atomic E-state index is 12.7. The molecule has 3 heterocycles. The average molecular weight is 511 g/mol. The molecule has 2 amide bonds. The van der Waals surface area contributed by atoms with Gasteiger partial charge in [-0.05, 0) is 0 Å². The van der Waals surface area contributed by atoms with Gasteiger partial charge in [0.15, 0.2) is 0 Å². The van der Waals surface area contributed by atoms with Gasteiger partial charge in [-0.3, -0.25) is 0 Å². The SMILES string of the molecule is CN1C(=O)C(=Cc2ccc(N3c4ccccc4[Se]c4ccccc43)s2)C(=O)N(C)C1=S. The number of amides is 2. The fourth-order valence-electron chi connectivity index (χ4n) is 3.60. The van der Waals surface area contributed by atoms with Gasteiger partial charge < -0.3 is 0 Å². The molecular weight excluding hydrogens is 493 g/mol. The van der Waals surface area contributed by atoms with Crippen molar-refractivity contribution < 1.29 is 9.59 Å². The van der Waals surface area contributed by atoms with Crippen LogP contribution in [0.15, 0.2) is 66.2 Å². The number of benzene rings is 2. The molecule has 0 radical (unpaired) electrons. The first-order valence-electron chi connectivity index (χ1n) is 9.53. The fourth-order valence-corrected chi connectivity index (χ4v) is 6.96. The number of para-hydroxylation sites is 2. The summed E-state index contributed by atoms with van der Waals surface area (Å²) in [6.45, 7) is 0. The number of thiocarbonyl (C=S) groups is 1. The summed E-state index contributed by atoms with van der Waals surface area (Å²) in [5.74, 6) is -0.751. The Bertz CT molecular complexity index is 1210. The summed E-state index contributed by atoms with van der Waals surface area (Å²) in [4.78, 5) is 31.1. The molecule has 0 N–H and O–H groups in total. The number of carbonyl (C=O) groups is 2. The van der Waals surface area contributed by atoms with Gasteiger partial charge in [0.1, 0.15) is 0 Å². The van der Waals surface area contributed by atoms with E-state index >= 15 is 0 Å². The second-order valence-corrected chi connectivity index (χ2v) is 10.9. The summed E-state index contributed by atoms with van der Waals surface area (Å²) < 4.78 is 2.66.